The predicted molar refractivity (Wildman–Crippen MR) is 104 cm³/mol. The maximum atomic E-state index is 10.8. The van der Waals surface area contributed by atoms with Gasteiger partial charge >= 0.3 is 0 Å². The minimum atomic E-state index is -1.08. The molecule has 0 spiro atoms. The monoisotopic (exact) mass is 403 g/mol. The van der Waals surface area contributed by atoms with Gasteiger partial charge in [0.25, 0.3) is 0 Å². The Hall–Kier alpha value is -2.39. The number of aryl methyl sites for hydroxylation is 1. The number of hydrogen-bond donors (Lipinski definition) is 5. The molecule has 1 aliphatic carbocycles. The summed E-state index contributed by atoms with van der Waals surface area (Å²) in [6.45, 7) is 1.90. The number of nitrogens with zero attached hydrogens (tertiary/aromatic N) is 3. The number of H-pyrrole nitrogens is 1. The van der Waals surface area contributed by atoms with E-state index < -0.39 is 30.3 Å². The fraction of sp³-hybridized carbons (Fsp3) is 0.368. The minimum Gasteiger partial charge on any atom is -0.390 e. The number of halogens is 1. The predicted octanol–water partition coefficient (Wildman–Crippen LogP) is 1.12. The summed E-state index contributed by atoms with van der Waals surface area (Å²) in [5, 5.41) is 37.2. The zero-order valence-corrected chi connectivity index (χ0v) is 16.0. The molecule has 0 bridgehead atoms. The second-order valence-corrected chi connectivity index (χ2v) is 7.68. The second-order valence-electron chi connectivity index (χ2n) is 7.24. The van der Waals surface area contributed by atoms with E-state index in [2.05, 4.69) is 15.1 Å². The van der Waals surface area contributed by atoms with Crippen molar-refractivity contribution in [3.8, 4) is 0 Å². The summed E-state index contributed by atoms with van der Waals surface area (Å²) >= 11 is 5.91. The first-order valence-electron chi connectivity index (χ1n) is 9.00. The highest BCUT2D eigenvalue weighted by Gasteiger charge is 2.46. The van der Waals surface area contributed by atoms with Crippen LogP contribution in [0, 0.1) is 12.8 Å². The number of aromatic amines is 1. The third kappa shape index (κ3) is 2.98. The van der Waals surface area contributed by atoms with E-state index in [1.807, 2.05) is 17.7 Å². The van der Waals surface area contributed by atoms with Crippen molar-refractivity contribution < 1.29 is 15.3 Å². The Morgan fingerprint density at radius 2 is 2.00 bits per heavy atom. The molecule has 1 aromatic carbocycles. The lowest BCUT2D eigenvalue weighted by Crippen LogP contribution is -2.31. The van der Waals surface area contributed by atoms with Crippen LogP contribution in [0.1, 0.15) is 29.7 Å². The first-order valence-corrected chi connectivity index (χ1v) is 9.38. The first-order chi connectivity index (χ1) is 13.4. The van der Waals surface area contributed by atoms with Gasteiger partial charge in [0, 0.05) is 17.1 Å². The van der Waals surface area contributed by atoms with Crippen LogP contribution in [0.25, 0.3) is 11.0 Å². The van der Waals surface area contributed by atoms with Crippen molar-refractivity contribution in [1.82, 2.24) is 14.5 Å². The van der Waals surface area contributed by atoms with E-state index in [1.54, 1.807) is 24.3 Å². The topological polar surface area (TPSA) is 133 Å². The van der Waals surface area contributed by atoms with Gasteiger partial charge in [0.1, 0.15) is 11.8 Å². The second kappa shape index (κ2) is 7.21. The smallest absolute Gasteiger partial charge is 0.184 e. The van der Waals surface area contributed by atoms with Gasteiger partial charge in [0.15, 0.2) is 5.49 Å². The first kappa shape index (κ1) is 18.9. The van der Waals surface area contributed by atoms with Crippen molar-refractivity contribution in [2.75, 3.05) is 0 Å². The average Bonchev–Trinajstić information content (AvgIpc) is 3.19. The summed E-state index contributed by atoms with van der Waals surface area (Å²) in [6, 6.07) is 6.41. The van der Waals surface area contributed by atoms with Crippen LogP contribution in [-0.2, 0) is 0 Å². The minimum absolute atomic E-state index is 0.389. The molecule has 1 saturated carbocycles. The van der Waals surface area contributed by atoms with Crippen LogP contribution in [0.5, 0.6) is 0 Å². The van der Waals surface area contributed by atoms with Crippen LogP contribution in [0.3, 0.4) is 0 Å². The normalized spacial score (nSPS) is 26.8. The molecule has 4 rings (SSSR count). The molecule has 2 heterocycles. The van der Waals surface area contributed by atoms with Gasteiger partial charge < -0.3 is 30.7 Å². The Bertz CT molecular complexity index is 1060. The molecule has 1 fully saturated rings. The molecule has 5 atom stereocenters. The summed E-state index contributed by atoms with van der Waals surface area (Å²) in [5.74, 6) is 4.91. The molecule has 3 aromatic rings. The fourth-order valence-electron chi connectivity index (χ4n) is 4.20. The SMILES string of the molecule is Cc1cn([C@@H]2C[C@H]([C@H](O)c3ccc(Cl)cc3)[C@@H](O)[C@H]2O)c2[nH]cn/c(=N/N)c12. The van der Waals surface area contributed by atoms with Gasteiger partial charge in [-0.05, 0) is 36.6 Å². The van der Waals surface area contributed by atoms with Crippen molar-refractivity contribution in [3.63, 3.8) is 0 Å². The Morgan fingerprint density at radius 1 is 1.29 bits per heavy atom. The largest absolute Gasteiger partial charge is 0.390 e. The molecule has 28 heavy (non-hydrogen) atoms. The number of aliphatic hydroxyl groups is 3. The molecule has 0 unspecified atom stereocenters. The molecule has 148 valence electrons. The van der Waals surface area contributed by atoms with E-state index in [4.69, 9.17) is 17.4 Å². The third-order valence-electron chi connectivity index (χ3n) is 5.63. The highest BCUT2D eigenvalue weighted by atomic mass is 35.5. The molecule has 1 aliphatic rings. The van der Waals surface area contributed by atoms with E-state index in [1.165, 1.54) is 6.33 Å². The summed E-state index contributed by atoms with van der Waals surface area (Å²) in [7, 11) is 0. The highest BCUT2D eigenvalue weighted by molar-refractivity contribution is 6.30. The number of hydrogen-bond acceptors (Lipinski definition) is 6. The van der Waals surface area contributed by atoms with Crippen molar-refractivity contribution >= 4 is 22.6 Å². The zero-order valence-electron chi connectivity index (χ0n) is 15.2. The van der Waals surface area contributed by atoms with Gasteiger partial charge in [-0.1, -0.05) is 23.7 Å². The lowest BCUT2D eigenvalue weighted by Gasteiger charge is -2.22. The maximum absolute atomic E-state index is 10.8. The van der Waals surface area contributed by atoms with Gasteiger partial charge in [0.2, 0.25) is 0 Å². The standard InChI is InChI=1S/C19H22ClN5O3/c1-9-7-25(19-14(9)18(24-21)22-8-23-19)13-6-12(16(27)17(13)28)15(26)10-2-4-11(20)5-3-10/h2-5,7-8,12-13,15-17,26-28H,6,21H2,1H3,(H,22,23,24)/t12-,13-,15-,16-,17+/m1/s1. The molecule has 8 nitrogen and oxygen atoms in total. The molecular weight excluding hydrogens is 382 g/mol. The van der Waals surface area contributed by atoms with Crippen molar-refractivity contribution in [2.45, 2.75) is 37.7 Å². The number of aliphatic hydroxyl groups excluding tert-OH is 3. The van der Waals surface area contributed by atoms with E-state index in [9.17, 15) is 15.3 Å². The Kier molecular flexibility index (Phi) is 4.88. The molecule has 9 heteroatoms. The molecule has 2 aromatic heterocycles. The molecule has 0 saturated heterocycles. The van der Waals surface area contributed by atoms with Crippen LogP contribution in [-0.4, -0.2) is 42.1 Å². The van der Waals surface area contributed by atoms with E-state index in [0.717, 1.165) is 10.9 Å². The highest BCUT2D eigenvalue weighted by Crippen LogP contribution is 2.43. The third-order valence-corrected chi connectivity index (χ3v) is 5.88. The van der Waals surface area contributed by atoms with Crippen LogP contribution in [0.15, 0.2) is 41.9 Å². The van der Waals surface area contributed by atoms with E-state index >= 15 is 0 Å². The van der Waals surface area contributed by atoms with E-state index in [0.29, 0.717) is 28.1 Å². The fourth-order valence-corrected chi connectivity index (χ4v) is 4.33. The maximum Gasteiger partial charge on any atom is 0.184 e. The average molecular weight is 404 g/mol. The van der Waals surface area contributed by atoms with Gasteiger partial charge in [0.05, 0.1) is 30.0 Å². The number of benzene rings is 1. The quantitative estimate of drug-likeness (QED) is 0.330. The Balaban J connectivity index is 1.71. The van der Waals surface area contributed by atoms with Crippen LogP contribution in [0.4, 0.5) is 0 Å². The summed E-state index contributed by atoms with van der Waals surface area (Å²) < 4.78 is 1.86. The van der Waals surface area contributed by atoms with Crippen molar-refractivity contribution in [2.24, 2.45) is 16.9 Å². The van der Waals surface area contributed by atoms with E-state index in [-0.39, 0.29) is 0 Å². The Morgan fingerprint density at radius 3 is 2.68 bits per heavy atom. The summed E-state index contributed by atoms with van der Waals surface area (Å²) in [4.78, 5) is 7.20. The summed E-state index contributed by atoms with van der Waals surface area (Å²) in [5.41, 5.74) is 2.65. The molecule has 6 N–H and O–H groups in total. The van der Waals surface area contributed by atoms with Crippen LogP contribution >= 0.6 is 11.6 Å². The van der Waals surface area contributed by atoms with Crippen LogP contribution in [0.2, 0.25) is 5.02 Å². The summed E-state index contributed by atoms with van der Waals surface area (Å²) in [6.07, 6.45) is 0.711. The molecule has 0 aliphatic heterocycles. The Labute approximate surface area is 165 Å². The number of nitrogens with one attached hydrogen (secondary N) is 1. The van der Waals surface area contributed by atoms with Crippen LogP contribution < -0.4 is 11.3 Å². The van der Waals surface area contributed by atoms with Gasteiger partial charge in [-0.25, -0.2) is 4.98 Å². The number of aromatic nitrogens is 3. The number of fused-ring (bicyclic) bond motifs is 1. The van der Waals surface area contributed by atoms with Crippen molar-refractivity contribution in [1.29, 1.82) is 0 Å². The number of nitrogens with two attached hydrogens (primary N) is 1. The lowest BCUT2D eigenvalue weighted by atomic mass is 9.92. The lowest BCUT2D eigenvalue weighted by molar-refractivity contribution is -0.0264. The van der Waals surface area contributed by atoms with Gasteiger partial charge in [-0.15, -0.1) is 0 Å². The molecule has 0 radical (unpaired) electrons. The number of rotatable bonds is 3. The van der Waals surface area contributed by atoms with Gasteiger partial charge in [-0.2, -0.15) is 5.10 Å². The van der Waals surface area contributed by atoms with Gasteiger partial charge in [-0.3, -0.25) is 0 Å². The zero-order chi connectivity index (χ0) is 20.0. The molecular formula is C19H22ClN5O3. The molecule has 0 amide bonds. The van der Waals surface area contributed by atoms with Crippen molar-refractivity contribution in [3.05, 3.63) is 58.4 Å².